The maximum Gasteiger partial charge on any atom is 0.430 e. The molecule has 1 aliphatic rings. The molecule has 0 bridgehead atoms. The fourth-order valence-corrected chi connectivity index (χ4v) is 1.56. The number of hydrogen-bond acceptors (Lipinski definition) is 6. The van der Waals surface area contributed by atoms with Crippen molar-refractivity contribution in [3.8, 4) is 18.2 Å². The Kier molecular flexibility index (Phi) is 6.99. The molecule has 0 atom stereocenters. The third-order valence-corrected chi connectivity index (χ3v) is 2.39. The van der Waals surface area contributed by atoms with E-state index in [9.17, 15) is 0 Å². The Labute approximate surface area is 108 Å². The summed E-state index contributed by atoms with van der Waals surface area (Å²) < 4.78 is 16.4. The normalized spacial score (nSPS) is 14.8. The Hall–Kier alpha value is -1.46. The highest BCUT2D eigenvalue weighted by Crippen LogP contribution is 2.18. The topological polar surface area (TPSA) is 99.1 Å². The molecule has 0 spiro atoms. The molecule has 0 aromatic heterocycles. The van der Waals surface area contributed by atoms with Gasteiger partial charge in [0, 0.05) is 19.3 Å². The number of nitrogens with zero attached hydrogens (tertiary/aromatic N) is 3. The molecular weight excluding hydrogens is 231 g/mol. The van der Waals surface area contributed by atoms with Gasteiger partial charge >= 0.3 is 21.4 Å². The largest absolute Gasteiger partial charge is 0.452 e. The Balaban J connectivity index is 2.47. The van der Waals surface area contributed by atoms with Crippen LogP contribution in [0.3, 0.4) is 0 Å². The summed E-state index contributed by atoms with van der Waals surface area (Å²) in [6.45, 7) is 0. The van der Waals surface area contributed by atoms with Gasteiger partial charge in [0.25, 0.3) is 0 Å². The predicted octanol–water partition coefficient (Wildman–Crippen LogP) is 1.26. The second kappa shape index (κ2) is 8.61. The Morgan fingerprint density at radius 1 is 0.611 bits per heavy atom. The van der Waals surface area contributed by atoms with Gasteiger partial charge in [-0.3, -0.25) is 0 Å². The molecule has 1 rings (SSSR count). The zero-order valence-electron chi connectivity index (χ0n) is 10.0. The first-order chi connectivity index (χ1) is 8.80. The third kappa shape index (κ3) is 5.25. The fourth-order valence-electron chi connectivity index (χ4n) is 1.56. The summed E-state index contributed by atoms with van der Waals surface area (Å²) in [4.78, 5) is 0. The van der Waals surface area contributed by atoms with E-state index in [0.717, 1.165) is 0 Å². The van der Waals surface area contributed by atoms with Crippen LogP contribution in [-0.4, -0.2) is 21.4 Å². The van der Waals surface area contributed by atoms with Crippen molar-refractivity contribution in [2.45, 2.75) is 38.2 Å². The highest BCUT2D eigenvalue weighted by Gasteiger charge is 2.39. The first-order valence-electron chi connectivity index (χ1n) is 5.87. The van der Waals surface area contributed by atoms with Crippen LogP contribution < -0.4 is 0 Å². The van der Waals surface area contributed by atoms with Crippen molar-refractivity contribution in [3.63, 3.8) is 0 Å². The predicted molar refractivity (Wildman–Crippen MR) is 65.6 cm³/mol. The van der Waals surface area contributed by atoms with Gasteiger partial charge < -0.3 is 13.7 Å². The van der Waals surface area contributed by atoms with E-state index in [1.54, 1.807) is 0 Å². The lowest BCUT2D eigenvalue weighted by Crippen LogP contribution is -2.48. The van der Waals surface area contributed by atoms with Gasteiger partial charge in [0.05, 0.1) is 18.2 Å². The van der Waals surface area contributed by atoms with Crippen LogP contribution in [0.4, 0.5) is 0 Å². The molecule has 9 heteroatoms. The molecule has 90 valence electrons. The number of rotatable bonds is 6. The minimum Gasteiger partial charge on any atom is -0.452 e. The molecule has 1 heterocycles. The lowest BCUT2D eigenvalue weighted by atomic mass is 9.64. The van der Waals surface area contributed by atoms with Gasteiger partial charge in [-0.15, -0.1) is 0 Å². The van der Waals surface area contributed by atoms with E-state index >= 15 is 0 Å². The molecule has 0 saturated carbocycles. The highest BCUT2D eigenvalue weighted by molar-refractivity contribution is 6.73. The second-order valence-electron chi connectivity index (χ2n) is 3.79. The van der Waals surface area contributed by atoms with Crippen LogP contribution >= 0.6 is 0 Å². The summed E-state index contributed by atoms with van der Waals surface area (Å²) in [5, 5.41) is 25.6. The summed E-state index contributed by atoms with van der Waals surface area (Å²) in [5.74, 6) is 0. The minimum atomic E-state index is -0.495. The van der Waals surface area contributed by atoms with Crippen LogP contribution in [0.5, 0.6) is 0 Å². The fraction of sp³-hybridized carbons (Fsp3) is 0.667. The van der Waals surface area contributed by atoms with Gasteiger partial charge in [0.1, 0.15) is 0 Å². The van der Waals surface area contributed by atoms with Gasteiger partial charge in [0.15, 0.2) is 0 Å². The highest BCUT2D eigenvalue weighted by atomic mass is 16.7. The van der Waals surface area contributed by atoms with E-state index in [4.69, 9.17) is 29.5 Å². The molecule has 0 amide bonds. The average Bonchev–Trinajstić information content (AvgIpc) is 2.40. The molecule has 0 radical (unpaired) electrons. The van der Waals surface area contributed by atoms with Gasteiger partial charge in [-0.2, -0.15) is 15.8 Å². The summed E-state index contributed by atoms with van der Waals surface area (Å²) in [7, 11) is -1.48. The van der Waals surface area contributed by atoms with E-state index in [2.05, 4.69) is 0 Å². The zero-order valence-corrected chi connectivity index (χ0v) is 10.0. The van der Waals surface area contributed by atoms with Crippen LogP contribution in [0, 0.1) is 34.0 Å². The summed E-state index contributed by atoms with van der Waals surface area (Å²) in [6, 6.07) is 6.08. The maximum atomic E-state index is 8.53. The van der Waals surface area contributed by atoms with E-state index in [1.165, 1.54) is 0 Å². The SMILES string of the molecule is N#CCCB1OB(CCC#N)OB(CCC#N)O1. The molecule has 0 aliphatic carbocycles. The van der Waals surface area contributed by atoms with Crippen molar-refractivity contribution in [2.75, 3.05) is 0 Å². The van der Waals surface area contributed by atoms with E-state index in [1.807, 2.05) is 18.2 Å². The second-order valence-corrected chi connectivity index (χ2v) is 3.79. The molecule has 0 unspecified atom stereocenters. The van der Waals surface area contributed by atoms with Crippen LogP contribution in [0.2, 0.25) is 19.0 Å². The van der Waals surface area contributed by atoms with Crippen molar-refractivity contribution < 1.29 is 13.7 Å². The standard InChI is InChI=1S/C9H12B3N3O3/c13-7-1-4-10-16-11(5-2-8-14)18-12(17-10)6-3-9-15/h1-6H2. The van der Waals surface area contributed by atoms with Gasteiger partial charge in [0.2, 0.25) is 0 Å². The lowest BCUT2D eigenvalue weighted by Gasteiger charge is -2.30. The Morgan fingerprint density at radius 2 is 0.889 bits per heavy atom. The molecule has 1 fully saturated rings. The summed E-state index contributed by atoms with van der Waals surface area (Å²) in [6.07, 6.45) is 2.39. The molecule has 18 heavy (non-hydrogen) atoms. The van der Waals surface area contributed by atoms with Gasteiger partial charge in [-0.05, 0) is 19.0 Å². The smallest absolute Gasteiger partial charge is 0.430 e. The maximum absolute atomic E-state index is 8.53. The Morgan fingerprint density at radius 3 is 1.11 bits per heavy atom. The monoisotopic (exact) mass is 243 g/mol. The van der Waals surface area contributed by atoms with Crippen LogP contribution in [0.25, 0.3) is 0 Å². The first-order valence-corrected chi connectivity index (χ1v) is 5.87. The van der Waals surface area contributed by atoms with Crippen molar-refractivity contribution in [2.24, 2.45) is 0 Å². The lowest BCUT2D eigenvalue weighted by molar-refractivity contribution is 0.279. The van der Waals surface area contributed by atoms with Crippen molar-refractivity contribution in [3.05, 3.63) is 0 Å². The molecule has 0 aromatic carbocycles. The summed E-state index contributed by atoms with van der Waals surface area (Å²) >= 11 is 0. The zero-order chi connectivity index (χ0) is 13.2. The number of hydrogen-bond donors (Lipinski definition) is 0. The van der Waals surface area contributed by atoms with Crippen LogP contribution in [0.15, 0.2) is 0 Å². The molecule has 1 saturated heterocycles. The summed E-state index contributed by atoms with van der Waals surface area (Å²) in [5.41, 5.74) is 0. The molecular formula is C9H12B3N3O3. The van der Waals surface area contributed by atoms with E-state index in [-0.39, 0.29) is 0 Å². The molecule has 1 aliphatic heterocycles. The van der Waals surface area contributed by atoms with Crippen molar-refractivity contribution >= 4 is 21.4 Å². The van der Waals surface area contributed by atoms with Gasteiger partial charge in [-0.1, -0.05) is 0 Å². The van der Waals surface area contributed by atoms with Crippen LogP contribution in [0.1, 0.15) is 19.3 Å². The third-order valence-electron chi connectivity index (χ3n) is 2.39. The van der Waals surface area contributed by atoms with Crippen molar-refractivity contribution in [1.82, 2.24) is 0 Å². The molecule has 6 nitrogen and oxygen atoms in total. The van der Waals surface area contributed by atoms with Gasteiger partial charge in [-0.25, -0.2) is 0 Å². The molecule has 0 aromatic rings. The number of nitriles is 3. The van der Waals surface area contributed by atoms with E-state index < -0.39 is 21.4 Å². The average molecular weight is 243 g/mol. The molecule has 0 N–H and O–H groups in total. The Bertz CT molecular complexity index is 313. The van der Waals surface area contributed by atoms with Crippen LogP contribution in [-0.2, 0) is 13.7 Å². The first kappa shape index (κ1) is 14.6. The van der Waals surface area contributed by atoms with Crippen molar-refractivity contribution in [1.29, 1.82) is 15.8 Å². The van der Waals surface area contributed by atoms with E-state index in [0.29, 0.717) is 38.2 Å². The quantitative estimate of drug-likeness (QED) is 0.650. The minimum absolute atomic E-state index is 0.334.